The van der Waals surface area contributed by atoms with E-state index >= 15 is 0 Å². The van der Waals surface area contributed by atoms with E-state index in [4.69, 9.17) is 0 Å². The van der Waals surface area contributed by atoms with Gasteiger partial charge in [0.25, 0.3) is 0 Å². The lowest BCUT2D eigenvalue weighted by molar-refractivity contribution is 0.208. The molecule has 3 heterocycles. The largest absolute Gasteiger partial charge is 0.363 e. The minimum absolute atomic E-state index is 0.372. The lowest BCUT2D eigenvalue weighted by Crippen LogP contribution is -2.42. The van der Waals surface area contributed by atoms with Crippen LogP contribution in [0.4, 0.5) is 11.8 Å². The number of hydrogen-bond donors (Lipinski definition) is 1. The van der Waals surface area contributed by atoms with E-state index in [-0.39, 0.29) is 0 Å². The molecule has 0 radical (unpaired) electrons. The van der Waals surface area contributed by atoms with Gasteiger partial charge in [-0.25, -0.2) is 4.98 Å². The van der Waals surface area contributed by atoms with Gasteiger partial charge < -0.3 is 10.2 Å². The van der Waals surface area contributed by atoms with Crippen molar-refractivity contribution in [2.24, 2.45) is 0 Å². The summed E-state index contributed by atoms with van der Waals surface area (Å²) in [5.41, 5.74) is 1.23. The first-order valence-electron chi connectivity index (χ1n) is 8.19. The topological polar surface area (TPSA) is 57.2 Å². The normalized spacial score (nSPS) is 18.4. The van der Waals surface area contributed by atoms with Gasteiger partial charge in [0.1, 0.15) is 5.82 Å². The molecule has 2 aromatic rings. The van der Waals surface area contributed by atoms with Gasteiger partial charge in [0.05, 0.1) is 0 Å². The van der Waals surface area contributed by atoms with Crippen molar-refractivity contribution in [2.45, 2.75) is 25.4 Å². The van der Waals surface area contributed by atoms with Crippen molar-refractivity contribution < 1.29 is 0 Å². The number of nitrogens with zero attached hydrogens (tertiary/aromatic N) is 5. The van der Waals surface area contributed by atoms with Crippen LogP contribution in [0.3, 0.4) is 0 Å². The molecule has 0 amide bonds. The predicted molar refractivity (Wildman–Crippen MR) is 100 cm³/mol. The number of anilines is 2. The Kier molecular flexibility index (Phi) is 5.63. The zero-order valence-corrected chi connectivity index (χ0v) is 15.7. The first-order chi connectivity index (χ1) is 11.6. The highest BCUT2D eigenvalue weighted by Crippen LogP contribution is 2.18. The van der Waals surface area contributed by atoms with Crippen LogP contribution in [0.15, 0.2) is 35.2 Å². The van der Waals surface area contributed by atoms with E-state index in [0.29, 0.717) is 12.0 Å². The maximum Gasteiger partial charge on any atom is 0.224 e. The molecule has 0 aliphatic carbocycles. The van der Waals surface area contributed by atoms with Crippen LogP contribution in [0, 0.1) is 0 Å². The predicted octanol–water partition coefficient (Wildman–Crippen LogP) is 2.78. The van der Waals surface area contributed by atoms with Crippen molar-refractivity contribution >= 4 is 27.7 Å². The molecule has 1 saturated heterocycles. The van der Waals surface area contributed by atoms with E-state index in [9.17, 15) is 0 Å². The van der Waals surface area contributed by atoms with E-state index in [1.54, 1.807) is 6.20 Å². The average Bonchev–Trinajstić information content (AvgIpc) is 2.55. The van der Waals surface area contributed by atoms with Crippen molar-refractivity contribution in [1.82, 2.24) is 19.9 Å². The second-order valence-corrected chi connectivity index (χ2v) is 7.28. The molecule has 0 aromatic carbocycles. The van der Waals surface area contributed by atoms with Crippen LogP contribution in [-0.2, 0) is 6.54 Å². The van der Waals surface area contributed by atoms with Gasteiger partial charge in [0.2, 0.25) is 5.95 Å². The van der Waals surface area contributed by atoms with Gasteiger partial charge in [0.15, 0.2) is 0 Å². The Labute approximate surface area is 151 Å². The fourth-order valence-electron chi connectivity index (χ4n) is 2.97. The van der Waals surface area contributed by atoms with Gasteiger partial charge in [-0.1, -0.05) is 0 Å². The molecule has 128 valence electrons. The smallest absolute Gasteiger partial charge is 0.224 e. The van der Waals surface area contributed by atoms with Gasteiger partial charge in [-0.3, -0.25) is 9.88 Å². The van der Waals surface area contributed by atoms with Crippen LogP contribution in [-0.4, -0.2) is 53.1 Å². The molecule has 24 heavy (non-hydrogen) atoms. The lowest BCUT2D eigenvalue weighted by atomic mass is 10.1. The minimum Gasteiger partial charge on any atom is -0.363 e. The molecule has 1 atom stereocenters. The third kappa shape index (κ3) is 4.64. The van der Waals surface area contributed by atoms with E-state index in [1.807, 2.05) is 37.5 Å². The Hall–Kier alpha value is -1.73. The molecule has 0 bridgehead atoms. The molecule has 0 saturated carbocycles. The molecule has 1 N–H and O–H groups in total. The summed E-state index contributed by atoms with van der Waals surface area (Å²) in [6, 6.07) is 4.42. The van der Waals surface area contributed by atoms with Crippen LogP contribution in [0.5, 0.6) is 0 Å². The molecule has 1 aliphatic heterocycles. The van der Waals surface area contributed by atoms with Gasteiger partial charge >= 0.3 is 0 Å². The van der Waals surface area contributed by atoms with Crippen LogP contribution >= 0.6 is 15.9 Å². The molecule has 2 aromatic heterocycles. The fraction of sp³-hybridized carbons (Fsp3) is 0.471. The maximum absolute atomic E-state index is 4.56. The zero-order chi connectivity index (χ0) is 16.9. The first kappa shape index (κ1) is 17.1. The molecular weight excluding hydrogens is 368 g/mol. The van der Waals surface area contributed by atoms with Crippen molar-refractivity contribution in [3.63, 3.8) is 0 Å². The highest BCUT2D eigenvalue weighted by Gasteiger charge is 2.20. The summed E-state index contributed by atoms with van der Waals surface area (Å²) in [4.78, 5) is 17.6. The SMILES string of the molecule is CN(C)c1ccnc(NC2CCCN(Cc3cncc(Br)c3)C2)n1. The van der Waals surface area contributed by atoms with Crippen LogP contribution < -0.4 is 10.2 Å². The summed E-state index contributed by atoms with van der Waals surface area (Å²) >= 11 is 3.49. The van der Waals surface area contributed by atoms with E-state index < -0.39 is 0 Å². The monoisotopic (exact) mass is 390 g/mol. The Morgan fingerprint density at radius 3 is 3.04 bits per heavy atom. The van der Waals surface area contributed by atoms with Crippen LogP contribution in [0.25, 0.3) is 0 Å². The number of halogens is 1. The second-order valence-electron chi connectivity index (χ2n) is 6.36. The Bertz CT molecular complexity index is 678. The maximum atomic E-state index is 4.56. The minimum atomic E-state index is 0.372. The number of nitrogens with one attached hydrogen (secondary N) is 1. The molecule has 1 fully saturated rings. The Morgan fingerprint density at radius 1 is 1.38 bits per heavy atom. The highest BCUT2D eigenvalue weighted by atomic mass is 79.9. The van der Waals surface area contributed by atoms with E-state index in [1.165, 1.54) is 12.0 Å². The lowest BCUT2D eigenvalue weighted by Gasteiger charge is -2.33. The molecule has 0 spiro atoms. The first-order valence-corrected chi connectivity index (χ1v) is 8.98. The third-order valence-corrected chi connectivity index (χ3v) is 4.54. The Morgan fingerprint density at radius 2 is 2.25 bits per heavy atom. The standard InChI is InChI=1S/C17H23BrN6/c1-23(2)16-5-6-20-17(22-16)21-15-4-3-7-24(12-15)11-13-8-14(18)10-19-9-13/h5-6,8-10,15H,3-4,7,11-12H2,1-2H3,(H,20,21,22). The quantitative estimate of drug-likeness (QED) is 0.846. The van der Waals surface area contributed by atoms with Gasteiger partial charge in [-0.2, -0.15) is 4.98 Å². The Balaban J connectivity index is 1.60. The van der Waals surface area contributed by atoms with Crippen molar-refractivity contribution in [1.29, 1.82) is 0 Å². The van der Waals surface area contributed by atoms with Gasteiger partial charge in [0, 0.05) is 56.3 Å². The number of likely N-dealkylation sites (tertiary alicyclic amines) is 1. The van der Waals surface area contributed by atoms with Crippen LogP contribution in [0.2, 0.25) is 0 Å². The van der Waals surface area contributed by atoms with Crippen LogP contribution in [0.1, 0.15) is 18.4 Å². The summed E-state index contributed by atoms with van der Waals surface area (Å²) in [5.74, 6) is 1.62. The molecular formula is C17H23BrN6. The number of pyridine rings is 1. The second kappa shape index (κ2) is 7.90. The number of hydrogen-bond acceptors (Lipinski definition) is 6. The third-order valence-electron chi connectivity index (χ3n) is 4.11. The summed E-state index contributed by atoms with van der Waals surface area (Å²) in [7, 11) is 3.97. The number of piperidine rings is 1. The molecule has 1 aliphatic rings. The summed E-state index contributed by atoms with van der Waals surface area (Å²) in [5, 5.41) is 3.49. The molecule has 6 nitrogen and oxygen atoms in total. The van der Waals surface area contributed by atoms with Crippen molar-refractivity contribution in [3.8, 4) is 0 Å². The van der Waals surface area contributed by atoms with E-state index in [2.05, 4.69) is 47.2 Å². The van der Waals surface area contributed by atoms with Crippen molar-refractivity contribution in [2.75, 3.05) is 37.4 Å². The average molecular weight is 391 g/mol. The van der Waals surface area contributed by atoms with Gasteiger partial charge in [-0.05, 0) is 53.0 Å². The zero-order valence-electron chi connectivity index (χ0n) is 14.1. The summed E-state index contributed by atoms with van der Waals surface area (Å²) < 4.78 is 1.03. The molecule has 7 heteroatoms. The number of rotatable bonds is 5. The van der Waals surface area contributed by atoms with Gasteiger partial charge in [-0.15, -0.1) is 0 Å². The molecule has 3 rings (SSSR count). The highest BCUT2D eigenvalue weighted by molar-refractivity contribution is 9.10. The fourth-order valence-corrected chi connectivity index (χ4v) is 3.38. The molecule has 1 unspecified atom stereocenters. The van der Waals surface area contributed by atoms with Crippen molar-refractivity contribution in [3.05, 3.63) is 40.8 Å². The summed E-state index contributed by atoms with van der Waals surface area (Å²) in [6.07, 6.45) is 7.87. The number of aromatic nitrogens is 3. The van der Waals surface area contributed by atoms with E-state index in [0.717, 1.165) is 36.3 Å². The summed E-state index contributed by atoms with van der Waals surface area (Å²) in [6.45, 7) is 3.02.